The molecule has 2 rings (SSSR count). The minimum absolute atomic E-state index is 0.161. The Balaban J connectivity index is 2.45. The second kappa shape index (κ2) is 4.35. The minimum atomic E-state index is -0.824. The number of benzene rings is 1. The third kappa shape index (κ3) is 2.25. The van der Waals surface area contributed by atoms with E-state index in [2.05, 4.69) is 0 Å². The van der Waals surface area contributed by atoms with Crippen LogP contribution in [0, 0.1) is 0 Å². The standard InChI is InChI=1S/C10H6Cl2N2O3/c11-5-1-2-6(12)7(3-5)14-9(16)4-8(15)13-10(14)17/h1-3H,4H2,(H,13,15,17). The average molecular weight is 273 g/mol. The highest BCUT2D eigenvalue weighted by Crippen LogP contribution is 2.30. The molecule has 0 spiro atoms. The Morgan fingerprint density at radius 2 is 1.88 bits per heavy atom. The Hall–Kier alpha value is -1.59. The Kier molecular flexibility index (Phi) is 3.04. The van der Waals surface area contributed by atoms with E-state index in [-0.39, 0.29) is 10.7 Å². The average Bonchev–Trinajstić information content (AvgIpc) is 2.21. The fraction of sp³-hybridized carbons (Fsp3) is 0.100. The van der Waals surface area contributed by atoms with Crippen LogP contribution in [0.25, 0.3) is 0 Å². The van der Waals surface area contributed by atoms with Crippen LogP contribution in [-0.2, 0) is 9.59 Å². The van der Waals surface area contributed by atoms with Crippen LogP contribution in [0.15, 0.2) is 18.2 Å². The van der Waals surface area contributed by atoms with E-state index < -0.39 is 24.3 Å². The van der Waals surface area contributed by atoms with Crippen LogP contribution in [0.2, 0.25) is 10.0 Å². The van der Waals surface area contributed by atoms with E-state index >= 15 is 0 Å². The summed E-state index contributed by atoms with van der Waals surface area (Å²) in [6, 6.07) is 3.56. The smallest absolute Gasteiger partial charge is 0.277 e. The summed E-state index contributed by atoms with van der Waals surface area (Å²) in [4.78, 5) is 34.9. The highest BCUT2D eigenvalue weighted by atomic mass is 35.5. The number of nitrogens with zero attached hydrogens (tertiary/aromatic N) is 1. The predicted octanol–water partition coefficient (Wildman–Crippen LogP) is 1.97. The van der Waals surface area contributed by atoms with Crippen molar-refractivity contribution in [2.75, 3.05) is 4.90 Å². The van der Waals surface area contributed by atoms with Crippen molar-refractivity contribution in [3.63, 3.8) is 0 Å². The number of barbiturate groups is 1. The molecule has 0 atom stereocenters. The number of halogens is 2. The maximum Gasteiger partial charge on any atom is 0.335 e. The number of amides is 4. The Labute approximate surface area is 106 Å². The van der Waals surface area contributed by atoms with E-state index in [4.69, 9.17) is 23.2 Å². The van der Waals surface area contributed by atoms with E-state index in [0.717, 1.165) is 4.90 Å². The first-order valence-corrected chi connectivity index (χ1v) is 5.36. The quantitative estimate of drug-likeness (QED) is 0.795. The molecule has 1 saturated heterocycles. The molecule has 7 heteroatoms. The number of carbonyl (C=O) groups excluding carboxylic acids is 3. The summed E-state index contributed by atoms with van der Waals surface area (Å²) in [5.41, 5.74) is 0.161. The largest absolute Gasteiger partial charge is 0.335 e. The van der Waals surface area contributed by atoms with Crippen molar-refractivity contribution in [3.8, 4) is 0 Å². The Bertz CT molecular complexity index is 510. The van der Waals surface area contributed by atoms with Crippen LogP contribution in [0.5, 0.6) is 0 Å². The van der Waals surface area contributed by atoms with Crippen LogP contribution in [0.1, 0.15) is 6.42 Å². The molecule has 0 aliphatic carbocycles. The zero-order valence-corrected chi connectivity index (χ0v) is 9.88. The number of anilines is 1. The first-order chi connectivity index (χ1) is 7.99. The number of urea groups is 1. The predicted molar refractivity (Wildman–Crippen MR) is 62.1 cm³/mol. The van der Waals surface area contributed by atoms with Gasteiger partial charge in [-0.3, -0.25) is 14.9 Å². The van der Waals surface area contributed by atoms with Crippen molar-refractivity contribution in [1.29, 1.82) is 0 Å². The van der Waals surface area contributed by atoms with Crippen LogP contribution >= 0.6 is 23.2 Å². The summed E-state index contributed by atoms with van der Waals surface area (Å²) in [7, 11) is 0. The van der Waals surface area contributed by atoms with Gasteiger partial charge in [-0.2, -0.15) is 0 Å². The second-order valence-electron chi connectivity index (χ2n) is 3.35. The third-order valence-electron chi connectivity index (χ3n) is 2.16. The van der Waals surface area contributed by atoms with Gasteiger partial charge in [0.1, 0.15) is 6.42 Å². The molecule has 17 heavy (non-hydrogen) atoms. The topological polar surface area (TPSA) is 66.5 Å². The lowest BCUT2D eigenvalue weighted by Crippen LogP contribution is -2.53. The summed E-state index contributed by atoms with van der Waals surface area (Å²) in [6.45, 7) is 0. The normalized spacial score (nSPS) is 16.1. The first kappa shape index (κ1) is 11.9. The molecule has 1 aromatic rings. The fourth-order valence-corrected chi connectivity index (χ4v) is 1.82. The zero-order valence-electron chi connectivity index (χ0n) is 8.37. The molecule has 0 unspecified atom stereocenters. The highest BCUT2D eigenvalue weighted by molar-refractivity contribution is 6.38. The molecule has 1 N–H and O–H groups in total. The van der Waals surface area contributed by atoms with E-state index in [1.54, 1.807) is 0 Å². The number of imide groups is 2. The molecule has 0 saturated carbocycles. The monoisotopic (exact) mass is 272 g/mol. The number of carbonyl (C=O) groups is 3. The van der Waals surface area contributed by atoms with Gasteiger partial charge >= 0.3 is 6.03 Å². The van der Waals surface area contributed by atoms with Crippen molar-refractivity contribution in [3.05, 3.63) is 28.2 Å². The lowest BCUT2D eigenvalue weighted by Gasteiger charge is -2.25. The van der Waals surface area contributed by atoms with E-state index in [9.17, 15) is 14.4 Å². The summed E-state index contributed by atoms with van der Waals surface area (Å²) in [6.07, 6.45) is -0.394. The number of nitrogens with one attached hydrogen (secondary N) is 1. The molecular formula is C10H6Cl2N2O3. The SMILES string of the molecule is O=C1CC(=O)N(c2cc(Cl)ccc2Cl)C(=O)N1. The second-order valence-corrected chi connectivity index (χ2v) is 4.20. The number of hydrogen-bond acceptors (Lipinski definition) is 3. The molecule has 0 aromatic heterocycles. The molecule has 88 valence electrons. The van der Waals surface area contributed by atoms with Crippen LogP contribution < -0.4 is 10.2 Å². The molecule has 1 aromatic carbocycles. The molecule has 1 aliphatic rings. The van der Waals surface area contributed by atoms with Gasteiger partial charge in [0.25, 0.3) is 0 Å². The Morgan fingerprint density at radius 1 is 1.18 bits per heavy atom. The number of hydrogen-bond donors (Lipinski definition) is 1. The first-order valence-electron chi connectivity index (χ1n) is 4.61. The van der Waals surface area contributed by atoms with E-state index in [1.807, 2.05) is 5.32 Å². The van der Waals surface area contributed by atoms with Gasteiger partial charge in [0.15, 0.2) is 0 Å². The van der Waals surface area contributed by atoms with Crippen LogP contribution in [0.4, 0.5) is 10.5 Å². The molecule has 5 nitrogen and oxygen atoms in total. The zero-order chi connectivity index (χ0) is 12.6. The molecule has 1 aliphatic heterocycles. The van der Waals surface area contributed by atoms with Crippen LogP contribution in [-0.4, -0.2) is 17.8 Å². The van der Waals surface area contributed by atoms with Gasteiger partial charge in [-0.25, -0.2) is 9.69 Å². The highest BCUT2D eigenvalue weighted by Gasteiger charge is 2.33. The maximum absolute atomic E-state index is 11.6. The molecule has 1 fully saturated rings. The van der Waals surface area contributed by atoms with Crippen molar-refractivity contribution >= 4 is 46.7 Å². The van der Waals surface area contributed by atoms with Crippen molar-refractivity contribution in [2.45, 2.75) is 6.42 Å². The van der Waals surface area contributed by atoms with Gasteiger partial charge in [0.05, 0.1) is 10.7 Å². The van der Waals surface area contributed by atoms with Gasteiger partial charge < -0.3 is 0 Å². The molecule has 1 heterocycles. The van der Waals surface area contributed by atoms with Gasteiger partial charge in [0.2, 0.25) is 11.8 Å². The van der Waals surface area contributed by atoms with Crippen molar-refractivity contribution in [2.24, 2.45) is 0 Å². The minimum Gasteiger partial charge on any atom is -0.277 e. The molecule has 4 amide bonds. The fourth-order valence-electron chi connectivity index (χ4n) is 1.45. The lowest BCUT2D eigenvalue weighted by molar-refractivity contribution is -0.128. The summed E-state index contributed by atoms with van der Waals surface area (Å²) >= 11 is 11.6. The summed E-state index contributed by atoms with van der Waals surface area (Å²) in [5.74, 6) is -1.27. The van der Waals surface area contributed by atoms with Gasteiger partial charge in [-0.15, -0.1) is 0 Å². The van der Waals surface area contributed by atoms with Gasteiger partial charge in [-0.1, -0.05) is 23.2 Å². The third-order valence-corrected chi connectivity index (χ3v) is 2.71. The van der Waals surface area contributed by atoms with Gasteiger partial charge in [0, 0.05) is 5.02 Å². The Morgan fingerprint density at radius 3 is 2.53 bits per heavy atom. The van der Waals surface area contributed by atoms with Crippen LogP contribution in [0.3, 0.4) is 0 Å². The van der Waals surface area contributed by atoms with Gasteiger partial charge in [-0.05, 0) is 18.2 Å². The van der Waals surface area contributed by atoms with Crippen molar-refractivity contribution < 1.29 is 14.4 Å². The molecule has 0 bridgehead atoms. The van der Waals surface area contributed by atoms with Crippen molar-refractivity contribution in [1.82, 2.24) is 5.32 Å². The van der Waals surface area contributed by atoms with E-state index in [1.165, 1.54) is 18.2 Å². The number of rotatable bonds is 1. The molecule has 0 radical (unpaired) electrons. The molecular weight excluding hydrogens is 267 g/mol. The van der Waals surface area contributed by atoms with E-state index in [0.29, 0.717) is 5.02 Å². The summed E-state index contributed by atoms with van der Waals surface area (Å²) in [5, 5.41) is 2.57. The lowest BCUT2D eigenvalue weighted by atomic mass is 10.2. The summed E-state index contributed by atoms with van der Waals surface area (Å²) < 4.78 is 0. The maximum atomic E-state index is 11.6.